The molecule has 1 aliphatic rings. The number of hydrogen-bond donors (Lipinski definition) is 1. The molecule has 0 spiro atoms. The van der Waals surface area contributed by atoms with Crippen molar-refractivity contribution in [3.63, 3.8) is 0 Å². The molecule has 1 aromatic carbocycles. The summed E-state index contributed by atoms with van der Waals surface area (Å²) in [5.41, 5.74) is 5.56. The van der Waals surface area contributed by atoms with Gasteiger partial charge in [0.1, 0.15) is 10.7 Å². The second-order valence-corrected chi connectivity index (χ2v) is 9.58. The summed E-state index contributed by atoms with van der Waals surface area (Å²) in [6.45, 7) is 5.45. The summed E-state index contributed by atoms with van der Waals surface area (Å²) in [7, 11) is -2.13. The lowest BCUT2D eigenvalue weighted by atomic mass is 9.91. The highest BCUT2D eigenvalue weighted by Gasteiger charge is 2.35. The number of sulfonamides is 1. The smallest absolute Gasteiger partial charge is 0.245 e. The number of carbonyl (C=O) groups excluding carboxylic acids is 1. The molecule has 6 nitrogen and oxygen atoms in total. The molecule has 1 aliphatic heterocycles. The lowest BCUT2D eigenvalue weighted by Crippen LogP contribution is -2.46. The van der Waals surface area contributed by atoms with Crippen molar-refractivity contribution in [3.8, 4) is 0 Å². The van der Waals surface area contributed by atoms with Gasteiger partial charge in [0.2, 0.25) is 15.9 Å². The monoisotopic (exact) mass is 421 g/mol. The predicted octanol–water partition coefficient (Wildman–Crippen LogP) is 2.09. The van der Waals surface area contributed by atoms with E-state index < -0.39 is 15.8 Å². The van der Waals surface area contributed by atoms with E-state index in [1.807, 2.05) is 13.8 Å². The summed E-state index contributed by atoms with van der Waals surface area (Å²) in [6.07, 6.45) is 0.861. The molecule has 2 rings (SSSR count). The summed E-state index contributed by atoms with van der Waals surface area (Å²) in [5, 5.41) is 0. The third kappa shape index (κ3) is 5.63. The van der Waals surface area contributed by atoms with Crippen molar-refractivity contribution in [2.75, 3.05) is 33.2 Å². The minimum absolute atomic E-state index is 0. The van der Waals surface area contributed by atoms with E-state index >= 15 is 0 Å². The second-order valence-electron chi connectivity index (χ2n) is 7.67. The Labute approximate surface area is 167 Å². The molecule has 2 N–H and O–H groups in total. The van der Waals surface area contributed by atoms with Gasteiger partial charge in [0.05, 0.1) is 0 Å². The number of piperidine rings is 1. The van der Waals surface area contributed by atoms with E-state index in [4.69, 9.17) is 5.73 Å². The highest BCUT2D eigenvalue weighted by Crippen LogP contribution is 2.27. The highest BCUT2D eigenvalue weighted by molar-refractivity contribution is 7.89. The third-order valence-electron chi connectivity index (χ3n) is 4.85. The lowest BCUT2D eigenvalue weighted by molar-refractivity contribution is -0.136. The molecule has 154 valence electrons. The summed E-state index contributed by atoms with van der Waals surface area (Å²) in [5.74, 6) is -0.968. The van der Waals surface area contributed by atoms with Crippen LogP contribution in [0.4, 0.5) is 4.39 Å². The zero-order valence-electron chi connectivity index (χ0n) is 16.0. The Bertz CT molecular complexity index is 750. The van der Waals surface area contributed by atoms with Crippen LogP contribution in [0.5, 0.6) is 0 Å². The molecule has 1 amide bonds. The first-order valence-electron chi connectivity index (χ1n) is 8.78. The van der Waals surface area contributed by atoms with Crippen molar-refractivity contribution in [1.29, 1.82) is 0 Å². The van der Waals surface area contributed by atoms with Crippen molar-refractivity contribution in [1.82, 2.24) is 9.21 Å². The maximum Gasteiger partial charge on any atom is 0.245 e. The van der Waals surface area contributed by atoms with Crippen LogP contribution >= 0.6 is 12.4 Å². The number of halogens is 2. The normalized spacial score (nSPS) is 16.6. The predicted molar refractivity (Wildman–Crippen MR) is 106 cm³/mol. The number of hydrogen-bond acceptors (Lipinski definition) is 4. The molecular weight excluding hydrogens is 393 g/mol. The number of amides is 1. The van der Waals surface area contributed by atoms with E-state index in [2.05, 4.69) is 0 Å². The van der Waals surface area contributed by atoms with Crippen molar-refractivity contribution >= 4 is 28.3 Å². The molecule has 0 bridgehead atoms. The summed E-state index contributed by atoms with van der Waals surface area (Å²) in [6, 6.07) is 5.36. The molecule has 0 aromatic heterocycles. The van der Waals surface area contributed by atoms with Crippen LogP contribution in [-0.4, -0.2) is 56.8 Å². The van der Waals surface area contributed by atoms with Gasteiger partial charge in [0.15, 0.2) is 0 Å². The standard InChI is InChI=1S/C18H28FN3O3S.ClH/c1-18(2,12-20)13-21(3)17(23)14-8-10-22(11-9-14)26(24,25)16-7-5-4-6-15(16)19;/h4-7,14H,8-13,20H2,1-3H3;1H. The summed E-state index contributed by atoms with van der Waals surface area (Å²) < 4.78 is 40.4. The Balaban J connectivity index is 0.00000364. The zero-order chi connectivity index (χ0) is 19.5. The van der Waals surface area contributed by atoms with Gasteiger partial charge in [-0.15, -0.1) is 12.4 Å². The molecule has 0 radical (unpaired) electrons. The fraction of sp³-hybridized carbons (Fsp3) is 0.611. The average Bonchev–Trinajstić information content (AvgIpc) is 2.61. The maximum atomic E-state index is 13.9. The van der Waals surface area contributed by atoms with Crippen molar-refractivity contribution in [2.24, 2.45) is 17.1 Å². The zero-order valence-corrected chi connectivity index (χ0v) is 17.7. The van der Waals surface area contributed by atoms with E-state index in [0.29, 0.717) is 25.9 Å². The van der Waals surface area contributed by atoms with Crippen LogP contribution in [0.2, 0.25) is 0 Å². The SMILES string of the molecule is CN(CC(C)(C)CN)C(=O)C1CCN(S(=O)(=O)c2ccccc2F)CC1.Cl. The van der Waals surface area contributed by atoms with Gasteiger partial charge in [0, 0.05) is 32.6 Å². The molecule has 1 aromatic rings. The molecule has 0 aliphatic carbocycles. The van der Waals surface area contributed by atoms with Gasteiger partial charge >= 0.3 is 0 Å². The Morgan fingerprint density at radius 2 is 1.85 bits per heavy atom. The molecular formula is C18H29ClFN3O3S. The first-order valence-corrected chi connectivity index (χ1v) is 10.2. The van der Waals surface area contributed by atoms with Crippen LogP contribution in [0.25, 0.3) is 0 Å². The van der Waals surface area contributed by atoms with E-state index in [-0.39, 0.29) is 47.6 Å². The van der Waals surface area contributed by atoms with E-state index in [0.717, 1.165) is 6.07 Å². The second kappa shape index (κ2) is 9.32. The minimum atomic E-state index is -3.88. The lowest BCUT2D eigenvalue weighted by Gasteiger charge is -2.35. The Morgan fingerprint density at radius 3 is 2.37 bits per heavy atom. The van der Waals surface area contributed by atoms with Crippen LogP contribution in [0, 0.1) is 17.2 Å². The first kappa shape index (κ1) is 23.8. The van der Waals surface area contributed by atoms with Gasteiger partial charge in [-0.2, -0.15) is 4.31 Å². The van der Waals surface area contributed by atoms with E-state index in [9.17, 15) is 17.6 Å². The number of carbonyl (C=O) groups is 1. The third-order valence-corrected chi connectivity index (χ3v) is 6.78. The fourth-order valence-corrected chi connectivity index (χ4v) is 4.77. The molecule has 0 saturated carbocycles. The first-order chi connectivity index (χ1) is 12.1. The number of benzene rings is 1. The number of nitrogens with two attached hydrogens (primary N) is 1. The Morgan fingerprint density at radius 1 is 1.30 bits per heavy atom. The average molecular weight is 422 g/mol. The van der Waals surface area contributed by atoms with Crippen LogP contribution in [-0.2, 0) is 14.8 Å². The maximum absolute atomic E-state index is 13.9. The topological polar surface area (TPSA) is 83.7 Å². The molecule has 0 atom stereocenters. The van der Waals surface area contributed by atoms with Gasteiger partial charge in [-0.1, -0.05) is 26.0 Å². The highest BCUT2D eigenvalue weighted by atomic mass is 35.5. The van der Waals surface area contributed by atoms with Crippen molar-refractivity contribution < 1.29 is 17.6 Å². The van der Waals surface area contributed by atoms with Gasteiger partial charge in [-0.05, 0) is 36.9 Å². The van der Waals surface area contributed by atoms with Crippen molar-refractivity contribution in [2.45, 2.75) is 31.6 Å². The van der Waals surface area contributed by atoms with Gasteiger partial charge in [0.25, 0.3) is 0 Å². The quantitative estimate of drug-likeness (QED) is 0.762. The van der Waals surface area contributed by atoms with Gasteiger partial charge in [-0.25, -0.2) is 12.8 Å². The van der Waals surface area contributed by atoms with Crippen LogP contribution < -0.4 is 5.73 Å². The van der Waals surface area contributed by atoms with E-state index in [1.165, 1.54) is 22.5 Å². The summed E-state index contributed by atoms with van der Waals surface area (Å²) >= 11 is 0. The van der Waals surface area contributed by atoms with Crippen LogP contribution in [0.15, 0.2) is 29.2 Å². The summed E-state index contributed by atoms with van der Waals surface area (Å²) in [4.78, 5) is 14.0. The van der Waals surface area contributed by atoms with Gasteiger partial charge < -0.3 is 10.6 Å². The van der Waals surface area contributed by atoms with Crippen LogP contribution in [0.1, 0.15) is 26.7 Å². The largest absolute Gasteiger partial charge is 0.345 e. The fourth-order valence-electron chi connectivity index (χ4n) is 3.23. The number of nitrogens with zero attached hydrogens (tertiary/aromatic N) is 2. The Kier molecular flexibility index (Phi) is 8.22. The molecule has 27 heavy (non-hydrogen) atoms. The molecule has 1 saturated heterocycles. The minimum Gasteiger partial charge on any atom is -0.345 e. The molecule has 0 unspecified atom stereocenters. The number of rotatable bonds is 6. The van der Waals surface area contributed by atoms with E-state index in [1.54, 1.807) is 11.9 Å². The van der Waals surface area contributed by atoms with Crippen LogP contribution in [0.3, 0.4) is 0 Å². The molecule has 1 fully saturated rings. The molecule has 9 heteroatoms. The van der Waals surface area contributed by atoms with Crippen molar-refractivity contribution in [3.05, 3.63) is 30.1 Å². The Hall–Kier alpha value is -1.22. The molecule has 1 heterocycles. The van der Waals surface area contributed by atoms with Gasteiger partial charge in [-0.3, -0.25) is 4.79 Å².